The lowest BCUT2D eigenvalue weighted by atomic mass is 10.1. The average molecular weight is 180 g/mol. The van der Waals surface area contributed by atoms with Gasteiger partial charge in [0, 0.05) is 12.0 Å². The molecule has 0 amide bonds. The highest BCUT2D eigenvalue weighted by Gasteiger charge is 2.09. The predicted molar refractivity (Wildman–Crippen MR) is 50.7 cm³/mol. The standard InChI is InChI=1S/C11H13FO/c1-8-3-5-10(6-4-8)11(13)7-9(2)12/h3-6,9H,7H2,1-2H3. The molecule has 1 unspecified atom stereocenters. The van der Waals surface area contributed by atoms with Gasteiger partial charge in [-0.15, -0.1) is 0 Å². The Morgan fingerprint density at radius 2 is 1.92 bits per heavy atom. The largest absolute Gasteiger partial charge is 0.294 e. The molecule has 1 aromatic rings. The summed E-state index contributed by atoms with van der Waals surface area (Å²) in [5.41, 5.74) is 1.69. The van der Waals surface area contributed by atoms with Gasteiger partial charge in [0.05, 0.1) is 0 Å². The van der Waals surface area contributed by atoms with E-state index in [1.807, 2.05) is 19.1 Å². The Morgan fingerprint density at radius 3 is 2.38 bits per heavy atom. The summed E-state index contributed by atoms with van der Waals surface area (Å²) in [6.07, 6.45) is -1.09. The van der Waals surface area contributed by atoms with Crippen molar-refractivity contribution in [3.8, 4) is 0 Å². The third kappa shape index (κ3) is 2.98. The number of alkyl halides is 1. The fourth-order valence-corrected chi connectivity index (χ4v) is 1.11. The quantitative estimate of drug-likeness (QED) is 0.653. The molecule has 0 aliphatic heterocycles. The van der Waals surface area contributed by atoms with Gasteiger partial charge in [-0.25, -0.2) is 4.39 Å². The summed E-state index contributed by atoms with van der Waals surface area (Å²) in [5, 5.41) is 0. The number of rotatable bonds is 3. The Balaban J connectivity index is 2.72. The first-order valence-corrected chi connectivity index (χ1v) is 4.33. The van der Waals surface area contributed by atoms with Crippen molar-refractivity contribution >= 4 is 5.78 Å². The van der Waals surface area contributed by atoms with Crippen LogP contribution in [0.25, 0.3) is 0 Å². The number of benzene rings is 1. The van der Waals surface area contributed by atoms with Gasteiger partial charge in [-0.05, 0) is 13.8 Å². The van der Waals surface area contributed by atoms with E-state index < -0.39 is 6.17 Å². The van der Waals surface area contributed by atoms with E-state index in [0.29, 0.717) is 5.56 Å². The van der Waals surface area contributed by atoms with Crippen molar-refractivity contribution in [1.82, 2.24) is 0 Å². The fourth-order valence-electron chi connectivity index (χ4n) is 1.11. The number of Topliss-reactive ketones (excluding diaryl/α,β-unsaturated/α-hetero) is 1. The Kier molecular flexibility index (Phi) is 3.18. The van der Waals surface area contributed by atoms with Gasteiger partial charge in [-0.1, -0.05) is 29.8 Å². The number of carbonyl (C=O) groups excluding carboxylic acids is 1. The van der Waals surface area contributed by atoms with Crippen molar-refractivity contribution in [2.45, 2.75) is 26.4 Å². The van der Waals surface area contributed by atoms with E-state index in [0.717, 1.165) is 5.56 Å². The number of halogens is 1. The summed E-state index contributed by atoms with van der Waals surface area (Å²) < 4.78 is 12.5. The van der Waals surface area contributed by atoms with E-state index in [9.17, 15) is 9.18 Å². The first kappa shape index (κ1) is 9.90. The molecule has 0 fully saturated rings. The van der Waals surface area contributed by atoms with Crippen LogP contribution >= 0.6 is 0 Å². The number of hydrogen-bond donors (Lipinski definition) is 0. The number of aryl methyl sites for hydroxylation is 1. The summed E-state index contributed by atoms with van der Waals surface area (Å²) >= 11 is 0. The zero-order chi connectivity index (χ0) is 9.84. The molecule has 0 aliphatic carbocycles. The van der Waals surface area contributed by atoms with Crippen LogP contribution < -0.4 is 0 Å². The summed E-state index contributed by atoms with van der Waals surface area (Å²) in [6, 6.07) is 7.19. The van der Waals surface area contributed by atoms with Gasteiger partial charge < -0.3 is 0 Å². The molecule has 0 aliphatic rings. The predicted octanol–water partition coefficient (Wildman–Crippen LogP) is 2.93. The highest BCUT2D eigenvalue weighted by molar-refractivity contribution is 5.96. The molecule has 1 rings (SSSR count). The number of ketones is 1. The van der Waals surface area contributed by atoms with Crippen LogP contribution in [0.5, 0.6) is 0 Å². The second-order valence-corrected chi connectivity index (χ2v) is 3.27. The first-order chi connectivity index (χ1) is 6.09. The van der Waals surface area contributed by atoms with Crippen molar-refractivity contribution in [1.29, 1.82) is 0 Å². The second kappa shape index (κ2) is 4.17. The summed E-state index contributed by atoms with van der Waals surface area (Å²) in [4.78, 5) is 11.3. The van der Waals surface area contributed by atoms with Crippen LogP contribution in [0.4, 0.5) is 4.39 Å². The molecule has 0 aromatic heterocycles. The van der Waals surface area contributed by atoms with Crippen LogP contribution in [0.2, 0.25) is 0 Å². The van der Waals surface area contributed by atoms with Gasteiger partial charge in [0.1, 0.15) is 6.17 Å². The van der Waals surface area contributed by atoms with Crippen molar-refractivity contribution in [2.24, 2.45) is 0 Å². The molecular formula is C11H13FO. The minimum Gasteiger partial charge on any atom is -0.294 e. The van der Waals surface area contributed by atoms with Crippen molar-refractivity contribution in [2.75, 3.05) is 0 Å². The zero-order valence-corrected chi connectivity index (χ0v) is 7.88. The normalized spacial score (nSPS) is 12.5. The van der Waals surface area contributed by atoms with E-state index in [4.69, 9.17) is 0 Å². The highest BCUT2D eigenvalue weighted by Crippen LogP contribution is 2.08. The maximum Gasteiger partial charge on any atom is 0.165 e. The molecule has 13 heavy (non-hydrogen) atoms. The SMILES string of the molecule is Cc1ccc(C(=O)CC(C)F)cc1. The van der Waals surface area contributed by atoms with Crippen LogP contribution in [-0.2, 0) is 0 Å². The van der Waals surface area contributed by atoms with Crippen LogP contribution in [-0.4, -0.2) is 12.0 Å². The summed E-state index contributed by atoms with van der Waals surface area (Å²) in [7, 11) is 0. The molecule has 2 heteroatoms. The van der Waals surface area contributed by atoms with Crippen molar-refractivity contribution < 1.29 is 9.18 Å². The summed E-state index contributed by atoms with van der Waals surface area (Å²) in [5.74, 6) is -0.130. The minimum atomic E-state index is -1.06. The summed E-state index contributed by atoms with van der Waals surface area (Å²) in [6.45, 7) is 3.35. The van der Waals surface area contributed by atoms with E-state index in [1.54, 1.807) is 12.1 Å². The Labute approximate surface area is 77.6 Å². The number of hydrogen-bond acceptors (Lipinski definition) is 1. The molecule has 0 heterocycles. The Hall–Kier alpha value is -1.18. The van der Waals surface area contributed by atoms with Gasteiger partial charge in [0.2, 0.25) is 0 Å². The molecule has 0 spiro atoms. The molecule has 0 N–H and O–H groups in total. The van der Waals surface area contributed by atoms with E-state index in [-0.39, 0.29) is 12.2 Å². The molecule has 1 atom stereocenters. The molecule has 1 aromatic carbocycles. The van der Waals surface area contributed by atoms with Crippen LogP contribution in [0.3, 0.4) is 0 Å². The molecule has 0 bridgehead atoms. The molecule has 0 radical (unpaired) electrons. The van der Waals surface area contributed by atoms with Crippen LogP contribution in [0, 0.1) is 6.92 Å². The minimum absolute atomic E-state index is 0.0247. The number of carbonyl (C=O) groups is 1. The zero-order valence-electron chi connectivity index (χ0n) is 7.88. The average Bonchev–Trinajstić information content (AvgIpc) is 2.04. The monoisotopic (exact) mass is 180 g/mol. The van der Waals surface area contributed by atoms with Crippen LogP contribution in [0.1, 0.15) is 29.3 Å². The van der Waals surface area contributed by atoms with Gasteiger partial charge in [-0.2, -0.15) is 0 Å². The van der Waals surface area contributed by atoms with Gasteiger partial charge in [-0.3, -0.25) is 4.79 Å². The maximum absolute atomic E-state index is 12.5. The lowest BCUT2D eigenvalue weighted by Gasteiger charge is -2.01. The van der Waals surface area contributed by atoms with Gasteiger partial charge in [0.25, 0.3) is 0 Å². The lowest BCUT2D eigenvalue weighted by Crippen LogP contribution is -2.05. The first-order valence-electron chi connectivity index (χ1n) is 4.33. The Bertz CT molecular complexity index is 287. The third-order valence-electron chi connectivity index (χ3n) is 1.84. The molecule has 70 valence electrons. The molecule has 0 saturated heterocycles. The lowest BCUT2D eigenvalue weighted by molar-refractivity contribution is 0.0953. The second-order valence-electron chi connectivity index (χ2n) is 3.27. The fraction of sp³-hybridized carbons (Fsp3) is 0.364. The van der Waals surface area contributed by atoms with Crippen molar-refractivity contribution in [3.63, 3.8) is 0 Å². The highest BCUT2D eigenvalue weighted by atomic mass is 19.1. The molecule has 0 saturated carbocycles. The topological polar surface area (TPSA) is 17.1 Å². The van der Waals surface area contributed by atoms with E-state index in [1.165, 1.54) is 6.92 Å². The van der Waals surface area contributed by atoms with E-state index >= 15 is 0 Å². The van der Waals surface area contributed by atoms with Gasteiger partial charge >= 0.3 is 0 Å². The van der Waals surface area contributed by atoms with Crippen molar-refractivity contribution in [3.05, 3.63) is 35.4 Å². The van der Waals surface area contributed by atoms with Crippen LogP contribution in [0.15, 0.2) is 24.3 Å². The molecular weight excluding hydrogens is 167 g/mol. The third-order valence-corrected chi connectivity index (χ3v) is 1.84. The van der Waals surface area contributed by atoms with E-state index in [2.05, 4.69) is 0 Å². The molecule has 1 nitrogen and oxygen atoms in total. The smallest absolute Gasteiger partial charge is 0.165 e. The Morgan fingerprint density at radius 1 is 1.38 bits per heavy atom. The van der Waals surface area contributed by atoms with Gasteiger partial charge in [0.15, 0.2) is 5.78 Å². The maximum atomic E-state index is 12.5.